The summed E-state index contributed by atoms with van der Waals surface area (Å²) in [6, 6.07) is 0.174. The molecule has 1 saturated carbocycles. The topological polar surface area (TPSA) is 52.5 Å². The highest BCUT2D eigenvalue weighted by Crippen LogP contribution is 2.20. The number of aliphatic hydroxyl groups excluding tert-OH is 1. The maximum Gasteiger partial charge on any atom is 0.0746 e. The number of hydrogen-bond donors (Lipinski definition) is 3. The van der Waals surface area contributed by atoms with Crippen LogP contribution in [0.2, 0.25) is 0 Å². The van der Waals surface area contributed by atoms with Crippen molar-refractivity contribution in [1.29, 1.82) is 0 Å². The van der Waals surface area contributed by atoms with Crippen LogP contribution in [0.5, 0.6) is 0 Å². The molecule has 96 valence electrons. The molecule has 3 N–H and O–H groups in total. The average molecular weight is 229 g/mol. The van der Waals surface area contributed by atoms with Crippen molar-refractivity contribution in [2.75, 3.05) is 6.54 Å². The van der Waals surface area contributed by atoms with Gasteiger partial charge in [0.25, 0.3) is 0 Å². The van der Waals surface area contributed by atoms with E-state index in [-0.39, 0.29) is 12.1 Å². The maximum atomic E-state index is 10.2. The van der Waals surface area contributed by atoms with Crippen LogP contribution in [0.15, 0.2) is 0 Å². The first-order valence-electron chi connectivity index (χ1n) is 6.54. The van der Waals surface area contributed by atoms with Gasteiger partial charge in [-0.1, -0.05) is 26.7 Å². The quantitative estimate of drug-likeness (QED) is 0.672. The van der Waals surface area contributed by atoms with Gasteiger partial charge >= 0.3 is 0 Å². The maximum absolute atomic E-state index is 10.2. The Hall–Kier alpha value is -0.120. The van der Waals surface area contributed by atoms with Crippen molar-refractivity contribution in [2.24, 2.45) is 5.92 Å². The fourth-order valence-corrected chi connectivity index (χ4v) is 2.65. The Morgan fingerprint density at radius 2 is 1.94 bits per heavy atom. The number of aliphatic hydroxyl groups is 2. The van der Waals surface area contributed by atoms with Gasteiger partial charge < -0.3 is 15.5 Å². The lowest BCUT2D eigenvalue weighted by Gasteiger charge is -2.33. The summed E-state index contributed by atoms with van der Waals surface area (Å²) in [6.07, 6.45) is 4.79. The summed E-state index contributed by atoms with van der Waals surface area (Å²) in [6.45, 7) is 6.68. The second kappa shape index (κ2) is 5.99. The first-order valence-corrected chi connectivity index (χ1v) is 6.54. The fraction of sp³-hybridized carbons (Fsp3) is 1.00. The molecule has 0 saturated heterocycles. The summed E-state index contributed by atoms with van der Waals surface area (Å²) < 4.78 is 0. The fourth-order valence-electron chi connectivity index (χ4n) is 2.65. The molecule has 0 aromatic heterocycles. The van der Waals surface area contributed by atoms with E-state index in [9.17, 15) is 10.2 Å². The Kier molecular flexibility index (Phi) is 5.22. The predicted octanol–water partition coefficient (Wildman–Crippen LogP) is 1.68. The molecule has 1 aliphatic carbocycles. The molecule has 0 radical (unpaired) electrons. The van der Waals surface area contributed by atoms with Gasteiger partial charge in [0.15, 0.2) is 0 Å². The molecular weight excluding hydrogens is 202 g/mol. The van der Waals surface area contributed by atoms with Crippen LogP contribution < -0.4 is 5.32 Å². The molecule has 1 rings (SSSR count). The molecule has 0 aromatic carbocycles. The zero-order chi connectivity index (χ0) is 12.2. The molecule has 0 amide bonds. The van der Waals surface area contributed by atoms with Gasteiger partial charge in [0, 0.05) is 12.6 Å². The first kappa shape index (κ1) is 13.9. The Labute approximate surface area is 99.3 Å². The molecule has 1 fully saturated rings. The molecule has 0 bridgehead atoms. The summed E-state index contributed by atoms with van der Waals surface area (Å²) in [7, 11) is 0. The normalized spacial score (nSPS) is 30.4. The molecule has 3 heteroatoms. The molecule has 3 unspecified atom stereocenters. The van der Waals surface area contributed by atoms with Crippen molar-refractivity contribution < 1.29 is 10.2 Å². The number of hydrogen-bond acceptors (Lipinski definition) is 3. The zero-order valence-electron chi connectivity index (χ0n) is 10.9. The van der Waals surface area contributed by atoms with Crippen molar-refractivity contribution in [3.63, 3.8) is 0 Å². The van der Waals surface area contributed by atoms with Crippen LogP contribution in [0, 0.1) is 5.92 Å². The molecule has 1 aliphatic rings. The highest BCUT2D eigenvalue weighted by Gasteiger charge is 2.27. The van der Waals surface area contributed by atoms with Gasteiger partial charge in [-0.05, 0) is 32.1 Å². The van der Waals surface area contributed by atoms with Crippen molar-refractivity contribution in [3.05, 3.63) is 0 Å². The van der Waals surface area contributed by atoms with E-state index in [4.69, 9.17) is 0 Å². The third-order valence-electron chi connectivity index (χ3n) is 3.32. The Bertz CT molecular complexity index is 204. The second-order valence-corrected chi connectivity index (χ2v) is 5.93. The molecular formula is C13H27NO2. The molecule has 0 aliphatic heterocycles. The molecule has 0 aromatic rings. The minimum Gasteiger partial charge on any atom is -0.392 e. The van der Waals surface area contributed by atoms with E-state index in [0.29, 0.717) is 12.5 Å². The summed E-state index contributed by atoms with van der Waals surface area (Å²) in [5.74, 6) is 0.494. The molecule has 0 heterocycles. The Morgan fingerprint density at radius 3 is 2.50 bits per heavy atom. The average Bonchev–Trinajstić information content (AvgIpc) is 2.14. The lowest BCUT2D eigenvalue weighted by Crippen LogP contribution is -2.48. The lowest BCUT2D eigenvalue weighted by molar-refractivity contribution is 0.0222. The largest absolute Gasteiger partial charge is 0.392 e. The van der Waals surface area contributed by atoms with Crippen molar-refractivity contribution in [3.8, 4) is 0 Å². The predicted molar refractivity (Wildman–Crippen MR) is 66.3 cm³/mol. The van der Waals surface area contributed by atoms with Gasteiger partial charge in [0.1, 0.15) is 0 Å². The van der Waals surface area contributed by atoms with E-state index in [1.807, 2.05) is 6.92 Å². The number of rotatable bonds is 5. The van der Waals surface area contributed by atoms with Gasteiger partial charge in [-0.3, -0.25) is 0 Å². The summed E-state index contributed by atoms with van der Waals surface area (Å²) in [5, 5.41) is 23.3. The van der Waals surface area contributed by atoms with Crippen LogP contribution in [0.4, 0.5) is 0 Å². The van der Waals surface area contributed by atoms with Gasteiger partial charge in [0.05, 0.1) is 11.7 Å². The van der Waals surface area contributed by atoms with Crippen molar-refractivity contribution in [1.82, 2.24) is 5.32 Å². The monoisotopic (exact) mass is 229 g/mol. The third-order valence-corrected chi connectivity index (χ3v) is 3.32. The van der Waals surface area contributed by atoms with Gasteiger partial charge in [-0.25, -0.2) is 0 Å². The summed E-state index contributed by atoms with van der Waals surface area (Å²) in [5.41, 5.74) is -0.661. The van der Waals surface area contributed by atoms with Gasteiger partial charge in [-0.2, -0.15) is 0 Å². The molecule has 3 atom stereocenters. The summed E-state index contributed by atoms with van der Waals surface area (Å²) >= 11 is 0. The van der Waals surface area contributed by atoms with Crippen LogP contribution in [0.1, 0.15) is 52.9 Å². The first-order chi connectivity index (χ1) is 7.41. The zero-order valence-corrected chi connectivity index (χ0v) is 10.9. The van der Waals surface area contributed by atoms with E-state index in [1.54, 1.807) is 0 Å². The van der Waals surface area contributed by atoms with E-state index in [2.05, 4.69) is 19.2 Å². The minimum absolute atomic E-state index is 0.174. The smallest absolute Gasteiger partial charge is 0.0746 e. The third kappa shape index (κ3) is 4.81. The molecule has 3 nitrogen and oxygen atoms in total. The van der Waals surface area contributed by atoms with E-state index >= 15 is 0 Å². The van der Waals surface area contributed by atoms with E-state index < -0.39 is 5.60 Å². The van der Waals surface area contributed by atoms with Crippen LogP contribution in [-0.2, 0) is 0 Å². The van der Waals surface area contributed by atoms with Crippen LogP contribution in [-0.4, -0.2) is 34.5 Å². The van der Waals surface area contributed by atoms with E-state index in [1.165, 1.54) is 6.42 Å². The minimum atomic E-state index is -0.661. The summed E-state index contributed by atoms with van der Waals surface area (Å²) in [4.78, 5) is 0. The SMILES string of the molecule is CC(C)CC(C)(O)CNC1CCCCC1O. The van der Waals surface area contributed by atoms with Crippen LogP contribution >= 0.6 is 0 Å². The van der Waals surface area contributed by atoms with Crippen molar-refractivity contribution >= 4 is 0 Å². The van der Waals surface area contributed by atoms with Gasteiger partial charge in [-0.15, -0.1) is 0 Å². The van der Waals surface area contributed by atoms with Crippen LogP contribution in [0.25, 0.3) is 0 Å². The van der Waals surface area contributed by atoms with Crippen LogP contribution in [0.3, 0.4) is 0 Å². The lowest BCUT2D eigenvalue weighted by atomic mass is 9.90. The number of nitrogens with one attached hydrogen (secondary N) is 1. The van der Waals surface area contributed by atoms with Gasteiger partial charge in [0.2, 0.25) is 0 Å². The molecule has 0 spiro atoms. The Balaban J connectivity index is 2.31. The van der Waals surface area contributed by atoms with E-state index in [0.717, 1.165) is 25.7 Å². The Morgan fingerprint density at radius 1 is 1.31 bits per heavy atom. The standard InChI is InChI=1S/C13H27NO2/c1-10(2)8-13(3,16)9-14-11-6-4-5-7-12(11)15/h10-12,14-16H,4-9H2,1-3H3. The molecule has 16 heavy (non-hydrogen) atoms. The highest BCUT2D eigenvalue weighted by atomic mass is 16.3. The van der Waals surface area contributed by atoms with Crippen molar-refractivity contribution in [2.45, 2.75) is 70.6 Å². The second-order valence-electron chi connectivity index (χ2n) is 5.93. The highest BCUT2D eigenvalue weighted by molar-refractivity contribution is 4.84.